The fourth-order valence-corrected chi connectivity index (χ4v) is 4.06. The van der Waals surface area contributed by atoms with Crippen molar-refractivity contribution in [1.29, 1.82) is 0 Å². The molecule has 136 valence electrons. The minimum atomic E-state index is -0.860. The van der Waals surface area contributed by atoms with Crippen molar-refractivity contribution >= 4 is 33.4 Å². The Morgan fingerprint density at radius 1 is 1.31 bits per heavy atom. The van der Waals surface area contributed by atoms with Crippen molar-refractivity contribution in [3.05, 3.63) is 46.7 Å². The number of thiophene rings is 1. The molecule has 6 nitrogen and oxygen atoms in total. The molecule has 0 unspecified atom stereocenters. The Morgan fingerprint density at radius 2 is 2.00 bits per heavy atom. The van der Waals surface area contributed by atoms with Gasteiger partial charge in [0, 0.05) is 30.0 Å². The molecule has 0 saturated carbocycles. The minimum absolute atomic E-state index is 0.311. The number of aromatic nitrogens is 2. The Bertz CT molecular complexity index is 960. The van der Waals surface area contributed by atoms with Crippen molar-refractivity contribution in [2.45, 2.75) is 33.8 Å². The number of carbonyl (C=O) groups is 2. The second kappa shape index (κ2) is 7.29. The van der Waals surface area contributed by atoms with Crippen LogP contribution >= 0.6 is 11.3 Å². The fourth-order valence-electron chi connectivity index (χ4n) is 2.88. The van der Waals surface area contributed by atoms with Gasteiger partial charge in [-0.3, -0.25) is 4.79 Å². The number of aryl methyl sites for hydroxylation is 2. The van der Waals surface area contributed by atoms with E-state index in [1.165, 1.54) is 11.3 Å². The zero-order valence-corrected chi connectivity index (χ0v) is 16.0. The molecule has 0 radical (unpaired) electrons. The van der Waals surface area contributed by atoms with E-state index in [2.05, 4.69) is 10.3 Å². The summed E-state index contributed by atoms with van der Waals surface area (Å²) in [6, 6.07) is 5.79. The average Bonchev–Trinajstić information content (AvgIpc) is 3.21. The number of nitrogens with one attached hydrogen (secondary N) is 1. The number of ether oxygens (including phenoxy) is 1. The first kappa shape index (κ1) is 18.1. The molecule has 0 fully saturated rings. The Morgan fingerprint density at radius 3 is 2.65 bits per heavy atom. The summed E-state index contributed by atoms with van der Waals surface area (Å²) in [7, 11) is 0. The standard InChI is InChI=1S/C19H21N3O3S/c1-5-20-17(23)13(4)25-19(24)16-15(22-8-6-7-9-22)14-11(2)10-12(3)21-18(14)26-16/h6-10,13H,5H2,1-4H3,(H,20,23)/t13-/m1/s1. The van der Waals surface area contributed by atoms with Crippen molar-refractivity contribution in [3.8, 4) is 5.69 Å². The van der Waals surface area contributed by atoms with Gasteiger partial charge in [0.15, 0.2) is 6.10 Å². The summed E-state index contributed by atoms with van der Waals surface area (Å²) in [5.74, 6) is -0.831. The number of esters is 1. The molecule has 1 amide bonds. The summed E-state index contributed by atoms with van der Waals surface area (Å²) in [6.45, 7) is 7.80. The van der Waals surface area contributed by atoms with E-state index in [9.17, 15) is 9.59 Å². The topological polar surface area (TPSA) is 73.2 Å². The van der Waals surface area contributed by atoms with Crippen LogP contribution in [-0.2, 0) is 9.53 Å². The average molecular weight is 371 g/mol. The number of pyridine rings is 1. The SMILES string of the molecule is CCNC(=O)[C@@H](C)OC(=O)c1sc2nc(C)cc(C)c2c1-n1cccc1. The van der Waals surface area contributed by atoms with E-state index in [1.54, 1.807) is 6.92 Å². The maximum Gasteiger partial charge on any atom is 0.351 e. The number of hydrogen-bond acceptors (Lipinski definition) is 5. The summed E-state index contributed by atoms with van der Waals surface area (Å²) in [5.41, 5.74) is 2.68. The van der Waals surface area contributed by atoms with E-state index in [0.29, 0.717) is 11.4 Å². The van der Waals surface area contributed by atoms with Crippen molar-refractivity contribution < 1.29 is 14.3 Å². The first-order valence-electron chi connectivity index (χ1n) is 8.45. The van der Waals surface area contributed by atoms with E-state index in [0.717, 1.165) is 27.2 Å². The second-order valence-electron chi connectivity index (χ2n) is 6.07. The normalized spacial score (nSPS) is 12.2. The van der Waals surface area contributed by atoms with Gasteiger partial charge in [-0.25, -0.2) is 9.78 Å². The molecule has 1 N–H and O–H groups in total. The van der Waals surface area contributed by atoms with Crippen LogP contribution in [0.3, 0.4) is 0 Å². The van der Waals surface area contributed by atoms with Crippen molar-refractivity contribution in [3.63, 3.8) is 0 Å². The second-order valence-corrected chi connectivity index (χ2v) is 7.07. The third-order valence-electron chi connectivity index (χ3n) is 4.01. The lowest BCUT2D eigenvalue weighted by atomic mass is 10.1. The Kier molecular flexibility index (Phi) is 5.08. The Balaban J connectivity index is 2.08. The van der Waals surface area contributed by atoms with Crippen molar-refractivity contribution in [1.82, 2.24) is 14.9 Å². The summed E-state index contributed by atoms with van der Waals surface area (Å²) in [5, 5.41) is 3.58. The molecule has 0 aliphatic rings. The van der Waals surface area contributed by atoms with Gasteiger partial charge in [0.05, 0.1) is 5.69 Å². The lowest BCUT2D eigenvalue weighted by molar-refractivity contribution is -0.128. The highest BCUT2D eigenvalue weighted by molar-refractivity contribution is 7.21. The molecule has 0 aromatic carbocycles. The monoisotopic (exact) mass is 371 g/mol. The van der Waals surface area contributed by atoms with E-state index >= 15 is 0 Å². The highest BCUT2D eigenvalue weighted by Gasteiger charge is 2.26. The van der Waals surface area contributed by atoms with Crippen molar-refractivity contribution in [2.75, 3.05) is 6.54 Å². The Labute approximate surface area is 155 Å². The number of amides is 1. The van der Waals surface area contributed by atoms with Gasteiger partial charge >= 0.3 is 5.97 Å². The number of carbonyl (C=O) groups excluding carboxylic acids is 2. The summed E-state index contributed by atoms with van der Waals surface area (Å²) in [4.78, 5) is 30.5. The molecule has 3 heterocycles. The molecule has 3 rings (SSSR count). The third-order valence-corrected chi connectivity index (χ3v) is 5.07. The van der Waals surface area contributed by atoms with Gasteiger partial charge < -0.3 is 14.6 Å². The molecule has 26 heavy (non-hydrogen) atoms. The van der Waals surface area contributed by atoms with Gasteiger partial charge in [-0.1, -0.05) is 0 Å². The predicted molar refractivity (Wildman–Crippen MR) is 102 cm³/mol. The fraction of sp³-hybridized carbons (Fsp3) is 0.316. The van der Waals surface area contributed by atoms with Gasteiger partial charge in [0.2, 0.25) is 0 Å². The van der Waals surface area contributed by atoms with Crippen LogP contribution in [0.25, 0.3) is 15.9 Å². The molecule has 0 aliphatic heterocycles. The summed E-state index contributed by atoms with van der Waals surface area (Å²) >= 11 is 1.29. The molecule has 0 bridgehead atoms. The quantitative estimate of drug-likeness (QED) is 0.698. The van der Waals surface area contributed by atoms with Crippen LogP contribution in [0.5, 0.6) is 0 Å². The molecule has 1 atom stereocenters. The molecular weight excluding hydrogens is 350 g/mol. The molecular formula is C19H21N3O3S. The number of fused-ring (bicyclic) bond motifs is 1. The largest absolute Gasteiger partial charge is 0.448 e. The Hall–Kier alpha value is -2.67. The molecule has 7 heteroatoms. The molecule has 0 aliphatic carbocycles. The lowest BCUT2D eigenvalue weighted by Gasteiger charge is -2.13. The van der Waals surface area contributed by atoms with Gasteiger partial charge in [0.1, 0.15) is 9.71 Å². The van der Waals surface area contributed by atoms with Crippen LogP contribution < -0.4 is 5.32 Å². The van der Waals surface area contributed by atoms with Gasteiger partial charge in [-0.2, -0.15) is 0 Å². The number of rotatable bonds is 5. The smallest absolute Gasteiger partial charge is 0.351 e. The summed E-state index contributed by atoms with van der Waals surface area (Å²) in [6.07, 6.45) is 2.90. The van der Waals surface area contributed by atoms with E-state index in [-0.39, 0.29) is 5.91 Å². The zero-order chi connectivity index (χ0) is 18.8. The van der Waals surface area contributed by atoms with Crippen LogP contribution in [0.4, 0.5) is 0 Å². The zero-order valence-electron chi connectivity index (χ0n) is 15.2. The van der Waals surface area contributed by atoms with E-state index in [4.69, 9.17) is 4.74 Å². The number of likely N-dealkylation sites (N-methyl/N-ethyl adjacent to an activating group) is 1. The lowest BCUT2D eigenvalue weighted by Crippen LogP contribution is -2.35. The molecule has 3 aromatic heterocycles. The van der Waals surface area contributed by atoms with Crippen LogP contribution in [0.15, 0.2) is 30.6 Å². The minimum Gasteiger partial charge on any atom is -0.448 e. The molecule has 3 aromatic rings. The van der Waals surface area contributed by atoms with E-state index < -0.39 is 12.1 Å². The van der Waals surface area contributed by atoms with Crippen LogP contribution in [0.1, 0.15) is 34.8 Å². The maximum absolute atomic E-state index is 12.8. The first-order chi connectivity index (χ1) is 12.4. The van der Waals surface area contributed by atoms with Crippen LogP contribution in [0.2, 0.25) is 0 Å². The third kappa shape index (κ3) is 3.35. The maximum atomic E-state index is 12.8. The highest BCUT2D eigenvalue weighted by atomic mass is 32.1. The van der Waals surface area contributed by atoms with Crippen LogP contribution in [0, 0.1) is 13.8 Å². The van der Waals surface area contributed by atoms with Gasteiger partial charge in [-0.15, -0.1) is 11.3 Å². The van der Waals surface area contributed by atoms with Gasteiger partial charge in [-0.05, 0) is 51.5 Å². The number of hydrogen-bond donors (Lipinski definition) is 1. The molecule has 0 spiro atoms. The molecule has 0 saturated heterocycles. The predicted octanol–water partition coefficient (Wildman–Crippen LogP) is 3.39. The van der Waals surface area contributed by atoms with E-state index in [1.807, 2.05) is 55.9 Å². The number of nitrogens with zero attached hydrogens (tertiary/aromatic N) is 2. The van der Waals surface area contributed by atoms with Gasteiger partial charge in [0.25, 0.3) is 5.91 Å². The van der Waals surface area contributed by atoms with Crippen molar-refractivity contribution in [2.24, 2.45) is 0 Å². The summed E-state index contributed by atoms with van der Waals surface area (Å²) < 4.78 is 7.29. The highest BCUT2D eigenvalue weighted by Crippen LogP contribution is 2.36. The van der Waals surface area contributed by atoms with Crippen LogP contribution in [-0.4, -0.2) is 34.1 Å². The first-order valence-corrected chi connectivity index (χ1v) is 9.26.